The van der Waals surface area contributed by atoms with Crippen LogP contribution in [0.4, 0.5) is 13.2 Å². The Bertz CT molecular complexity index is 312. The Hall–Kier alpha value is -0.820. The van der Waals surface area contributed by atoms with E-state index in [1.807, 2.05) is 0 Å². The first-order valence-electron chi connectivity index (χ1n) is 6.28. The lowest BCUT2D eigenvalue weighted by molar-refractivity contribution is -0.272. The van der Waals surface area contributed by atoms with Crippen molar-refractivity contribution in [2.24, 2.45) is 5.92 Å². The number of methoxy groups -OCH3 is 1. The van der Waals surface area contributed by atoms with Crippen molar-refractivity contribution in [1.29, 1.82) is 0 Å². The van der Waals surface area contributed by atoms with Gasteiger partial charge in [0.05, 0.1) is 0 Å². The molecule has 1 heterocycles. The molecule has 1 aliphatic rings. The zero-order valence-corrected chi connectivity index (χ0v) is 11.2. The van der Waals surface area contributed by atoms with Crippen LogP contribution in [-0.2, 0) is 9.53 Å². The number of nitrogens with zero attached hydrogens (tertiary/aromatic N) is 1. The van der Waals surface area contributed by atoms with E-state index in [1.165, 1.54) is 12.0 Å². The third-order valence-electron chi connectivity index (χ3n) is 3.61. The molecule has 0 aromatic rings. The molecule has 0 aromatic carbocycles. The number of piperidine rings is 1. The van der Waals surface area contributed by atoms with Gasteiger partial charge < -0.3 is 14.7 Å². The summed E-state index contributed by atoms with van der Waals surface area (Å²) in [7, 11) is 1.53. The average Bonchev–Trinajstić information content (AvgIpc) is 2.34. The van der Waals surface area contributed by atoms with E-state index in [-0.39, 0.29) is 24.9 Å². The maximum Gasteiger partial charge on any atom is 0.417 e. The number of hydrogen-bond acceptors (Lipinski definition) is 3. The largest absolute Gasteiger partial charge is 0.417 e. The molecule has 1 rings (SSSR count). The summed E-state index contributed by atoms with van der Waals surface area (Å²) in [5.74, 6) is -0.460. The zero-order chi connectivity index (χ0) is 14.7. The lowest BCUT2D eigenvalue weighted by Gasteiger charge is -2.39. The number of carbonyl (C=O) groups excluding carboxylic acids is 1. The Morgan fingerprint density at radius 2 is 1.95 bits per heavy atom. The number of amides is 1. The van der Waals surface area contributed by atoms with E-state index in [0.717, 1.165) is 0 Å². The Balaban J connectivity index is 2.52. The molecule has 0 saturated carbocycles. The van der Waals surface area contributed by atoms with E-state index in [4.69, 9.17) is 4.74 Å². The molecule has 7 heteroatoms. The summed E-state index contributed by atoms with van der Waals surface area (Å²) in [6, 6.07) is 0. The van der Waals surface area contributed by atoms with Crippen LogP contribution in [0.2, 0.25) is 0 Å². The van der Waals surface area contributed by atoms with Gasteiger partial charge >= 0.3 is 6.18 Å². The highest BCUT2D eigenvalue weighted by atomic mass is 19.4. The van der Waals surface area contributed by atoms with Gasteiger partial charge in [0.25, 0.3) is 0 Å². The van der Waals surface area contributed by atoms with Gasteiger partial charge in [-0.2, -0.15) is 13.2 Å². The summed E-state index contributed by atoms with van der Waals surface area (Å²) in [5, 5.41) is 9.50. The Kier molecular flexibility index (Phi) is 5.20. The fraction of sp³-hybridized carbons (Fsp3) is 0.917. The molecule has 0 aliphatic carbocycles. The van der Waals surface area contributed by atoms with Crippen molar-refractivity contribution in [3.05, 3.63) is 0 Å². The summed E-state index contributed by atoms with van der Waals surface area (Å²) in [6.45, 7) is 2.04. The average molecular weight is 283 g/mol. The van der Waals surface area contributed by atoms with Crippen LogP contribution in [0.15, 0.2) is 0 Å². The Morgan fingerprint density at radius 3 is 2.37 bits per heavy atom. The van der Waals surface area contributed by atoms with E-state index in [2.05, 4.69) is 0 Å². The maximum atomic E-state index is 12.6. The third-order valence-corrected chi connectivity index (χ3v) is 3.61. The van der Waals surface area contributed by atoms with Crippen LogP contribution in [-0.4, -0.2) is 54.5 Å². The fourth-order valence-electron chi connectivity index (χ4n) is 2.11. The number of likely N-dealkylation sites (tertiary alicyclic amines) is 1. The highest BCUT2D eigenvalue weighted by molar-refractivity contribution is 5.78. The molecule has 0 spiro atoms. The lowest BCUT2D eigenvalue weighted by Crippen LogP contribution is -2.55. The van der Waals surface area contributed by atoms with E-state index < -0.39 is 24.6 Å². The molecule has 1 aliphatic heterocycles. The monoisotopic (exact) mass is 283 g/mol. The van der Waals surface area contributed by atoms with Gasteiger partial charge in [0, 0.05) is 45.6 Å². The van der Waals surface area contributed by atoms with Gasteiger partial charge in [-0.15, -0.1) is 0 Å². The van der Waals surface area contributed by atoms with Gasteiger partial charge in [0.1, 0.15) is 0 Å². The fourth-order valence-corrected chi connectivity index (χ4v) is 2.11. The number of hydrogen-bond donors (Lipinski definition) is 1. The van der Waals surface area contributed by atoms with Crippen molar-refractivity contribution in [2.75, 3.05) is 26.8 Å². The molecule has 19 heavy (non-hydrogen) atoms. The molecule has 4 nitrogen and oxygen atoms in total. The first kappa shape index (κ1) is 16.2. The quantitative estimate of drug-likeness (QED) is 0.852. The molecule has 0 bridgehead atoms. The van der Waals surface area contributed by atoms with Crippen molar-refractivity contribution >= 4 is 5.91 Å². The third kappa shape index (κ3) is 3.82. The highest BCUT2D eigenvalue weighted by Gasteiger charge is 2.54. The number of carbonyl (C=O) groups is 1. The van der Waals surface area contributed by atoms with Crippen LogP contribution in [0.25, 0.3) is 0 Å². The van der Waals surface area contributed by atoms with Crippen molar-refractivity contribution in [2.45, 2.75) is 38.0 Å². The van der Waals surface area contributed by atoms with Gasteiger partial charge in [-0.3, -0.25) is 4.79 Å². The number of rotatable bonds is 4. The Morgan fingerprint density at radius 1 is 1.42 bits per heavy atom. The van der Waals surface area contributed by atoms with Crippen LogP contribution in [0.1, 0.15) is 26.2 Å². The van der Waals surface area contributed by atoms with Gasteiger partial charge in [-0.25, -0.2) is 0 Å². The van der Waals surface area contributed by atoms with Crippen LogP contribution >= 0.6 is 0 Å². The molecule has 0 radical (unpaired) electrons. The summed E-state index contributed by atoms with van der Waals surface area (Å²) >= 11 is 0. The van der Waals surface area contributed by atoms with E-state index in [1.54, 1.807) is 6.92 Å². The normalized spacial score (nSPS) is 21.3. The van der Waals surface area contributed by atoms with Crippen molar-refractivity contribution < 1.29 is 27.8 Å². The summed E-state index contributed by atoms with van der Waals surface area (Å²) in [4.78, 5) is 13.4. The molecular weight excluding hydrogens is 263 g/mol. The number of alkyl halides is 3. The van der Waals surface area contributed by atoms with Gasteiger partial charge in [0.2, 0.25) is 5.91 Å². The maximum absolute atomic E-state index is 12.6. The molecule has 1 fully saturated rings. The second-order valence-corrected chi connectivity index (χ2v) is 5.04. The number of halogens is 3. The molecule has 0 aromatic heterocycles. The Labute approximate surface area is 110 Å². The molecular formula is C12H20F3NO3. The molecule has 1 atom stereocenters. The predicted octanol–water partition coefficient (Wildman–Crippen LogP) is 1.57. The second kappa shape index (κ2) is 6.09. The van der Waals surface area contributed by atoms with Crippen LogP contribution in [0.3, 0.4) is 0 Å². The predicted molar refractivity (Wildman–Crippen MR) is 62.5 cm³/mol. The van der Waals surface area contributed by atoms with Crippen molar-refractivity contribution in [3.63, 3.8) is 0 Å². The first-order valence-corrected chi connectivity index (χ1v) is 6.28. The topological polar surface area (TPSA) is 49.8 Å². The minimum atomic E-state index is -4.64. The number of aliphatic hydroxyl groups is 1. The molecule has 1 saturated heterocycles. The summed E-state index contributed by atoms with van der Waals surface area (Å²) in [5.41, 5.74) is -2.65. The van der Waals surface area contributed by atoms with Crippen LogP contribution < -0.4 is 0 Å². The molecule has 112 valence electrons. The smallest absolute Gasteiger partial charge is 0.385 e. The molecule has 1 amide bonds. The van der Waals surface area contributed by atoms with E-state index >= 15 is 0 Å². The number of ether oxygens (including phenoxy) is 1. The zero-order valence-electron chi connectivity index (χ0n) is 11.2. The minimum absolute atomic E-state index is 0.0633. The summed E-state index contributed by atoms with van der Waals surface area (Å²) in [6.07, 6.45) is -5.02. The SMILES string of the molecule is COCCC(C)C(=O)N1CCC(O)(C(F)(F)F)CC1. The van der Waals surface area contributed by atoms with E-state index in [9.17, 15) is 23.1 Å². The van der Waals surface area contributed by atoms with Gasteiger partial charge in [-0.05, 0) is 6.42 Å². The second-order valence-electron chi connectivity index (χ2n) is 5.04. The highest BCUT2D eigenvalue weighted by Crippen LogP contribution is 2.38. The van der Waals surface area contributed by atoms with Crippen molar-refractivity contribution in [1.82, 2.24) is 4.90 Å². The van der Waals surface area contributed by atoms with Crippen LogP contribution in [0.5, 0.6) is 0 Å². The van der Waals surface area contributed by atoms with Crippen LogP contribution in [0, 0.1) is 5.92 Å². The van der Waals surface area contributed by atoms with Crippen molar-refractivity contribution in [3.8, 4) is 0 Å². The standard InChI is InChI=1S/C12H20F3NO3/c1-9(3-8-19-2)10(17)16-6-4-11(18,5-7-16)12(13,14)15/h9,18H,3-8H2,1-2H3. The van der Waals surface area contributed by atoms with Gasteiger partial charge in [0.15, 0.2) is 5.60 Å². The summed E-state index contributed by atoms with van der Waals surface area (Å²) < 4.78 is 42.7. The van der Waals surface area contributed by atoms with E-state index in [0.29, 0.717) is 13.0 Å². The minimum Gasteiger partial charge on any atom is -0.385 e. The molecule has 1 unspecified atom stereocenters. The molecule has 1 N–H and O–H groups in total. The lowest BCUT2D eigenvalue weighted by atomic mass is 9.90. The first-order chi connectivity index (χ1) is 8.71. The van der Waals surface area contributed by atoms with Gasteiger partial charge in [-0.1, -0.05) is 6.92 Å².